The van der Waals surface area contributed by atoms with E-state index in [1.54, 1.807) is 21.1 Å². The minimum absolute atomic E-state index is 0.291. The fourth-order valence-electron chi connectivity index (χ4n) is 0.773. The van der Waals surface area contributed by atoms with Gasteiger partial charge >= 0.3 is 12.1 Å². The highest BCUT2D eigenvalue weighted by atomic mass is 16.2. The Kier molecular flexibility index (Phi) is 4.23. The molecule has 0 N–H and O–H groups in total. The van der Waals surface area contributed by atoms with Crippen molar-refractivity contribution >= 4 is 12.1 Å². The van der Waals surface area contributed by atoms with E-state index in [2.05, 4.69) is 0 Å². The Morgan fingerprint density at radius 1 is 1.00 bits per heavy atom. The summed E-state index contributed by atoms with van der Waals surface area (Å²) in [5.74, 6) is 0. The molecule has 0 fully saturated rings. The first-order chi connectivity index (χ1) is 5.91. The first kappa shape index (κ1) is 11.7. The van der Waals surface area contributed by atoms with Gasteiger partial charge in [-0.2, -0.15) is 0 Å². The third kappa shape index (κ3) is 2.93. The van der Waals surface area contributed by atoms with Crippen molar-refractivity contribution in [2.45, 2.75) is 6.92 Å². The number of hydrogen-bond donors (Lipinski definition) is 0. The molecule has 0 bridgehead atoms. The van der Waals surface area contributed by atoms with Gasteiger partial charge < -0.3 is 9.80 Å². The van der Waals surface area contributed by atoms with Crippen LogP contribution in [0.4, 0.5) is 9.59 Å². The van der Waals surface area contributed by atoms with Crippen LogP contribution in [0.3, 0.4) is 0 Å². The van der Waals surface area contributed by atoms with Crippen molar-refractivity contribution in [3.63, 3.8) is 0 Å². The number of carbonyl (C=O) groups is 2. The van der Waals surface area contributed by atoms with Crippen LogP contribution in [-0.2, 0) is 0 Å². The Hall–Kier alpha value is -1.26. The highest BCUT2D eigenvalue weighted by Gasteiger charge is 2.20. The van der Waals surface area contributed by atoms with Gasteiger partial charge in [0.05, 0.1) is 0 Å². The molecule has 0 aromatic rings. The molecule has 4 amide bonds. The van der Waals surface area contributed by atoms with Gasteiger partial charge in [0.15, 0.2) is 0 Å². The second-order valence-corrected chi connectivity index (χ2v) is 3.03. The van der Waals surface area contributed by atoms with Crippen molar-refractivity contribution in [3.05, 3.63) is 0 Å². The van der Waals surface area contributed by atoms with Crippen LogP contribution in [0, 0.1) is 0 Å². The van der Waals surface area contributed by atoms with E-state index >= 15 is 0 Å². The fraction of sp³-hybridized carbons (Fsp3) is 0.750. The van der Waals surface area contributed by atoms with Gasteiger partial charge in [-0.15, -0.1) is 0 Å². The standard InChI is InChI=1S/C8H17N3O2/c1-6-10(4)8(13)11(5)7(12)9(2)3/h6H2,1-5H3. The van der Waals surface area contributed by atoms with Crippen LogP contribution in [-0.4, -0.2) is 61.5 Å². The molecule has 0 aliphatic heterocycles. The SMILES string of the molecule is CCN(C)C(=O)N(C)C(=O)N(C)C. The molecule has 5 heteroatoms. The van der Waals surface area contributed by atoms with E-state index < -0.39 is 0 Å². The maximum Gasteiger partial charge on any atom is 0.327 e. The number of carbonyl (C=O) groups excluding carboxylic acids is 2. The lowest BCUT2D eigenvalue weighted by molar-refractivity contribution is 0.159. The molecular weight excluding hydrogens is 170 g/mol. The zero-order chi connectivity index (χ0) is 10.6. The molecular formula is C8H17N3O2. The summed E-state index contributed by atoms with van der Waals surface area (Å²) in [6, 6.07) is -0.605. The smallest absolute Gasteiger partial charge is 0.327 e. The van der Waals surface area contributed by atoms with Crippen LogP contribution in [0.5, 0.6) is 0 Å². The van der Waals surface area contributed by atoms with Crippen LogP contribution in [0.25, 0.3) is 0 Å². The summed E-state index contributed by atoms with van der Waals surface area (Å²) in [5.41, 5.74) is 0. The number of hydrogen-bond acceptors (Lipinski definition) is 2. The van der Waals surface area contributed by atoms with Crippen LogP contribution >= 0.6 is 0 Å². The molecule has 0 saturated carbocycles. The molecule has 0 aliphatic rings. The first-order valence-electron chi connectivity index (χ1n) is 4.11. The van der Waals surface area contributed by atoms with Crippen LogP contribution < -0.4 is 0 Å². The lowest BCUT2D eigenvalue weighted by Gasteiger charge is -2.24. The number of imide groups is 1. The summed E-state index contributed by atoms with van der Waals surface area (Å²) >= 11 is 0. The average molecular weight is 187 g/mol. The Morgan fingerprint density at radius 3 is 1.77 bits per heavy atom. The quantitative estimate of drug-likeness (QED) is 0.605. The summed E-state index contributed by atoms with van der Waals surface area (Å²) in [6.45, 7) is 2.44. The molecule has 0 heterocycles. The molecule has 5 nitrogen and oxygen atoms in total. The normalized spacial score (nSPS) is 9.31. The van der Waals surface area contributed by atoms with Gasteiger partial charge in [0.25, 0.3) is 0 Å². The van der Waals surface area contributed by atoms with E-state index in [-0.39, 0.29) is 12.1 Å². The number of nitrogens with zero attached hydrogens (tertiary/aromatic N) is 3. The summed E-state index contributed by atoms with van der Waals surface area (Å²) < 4.78 is 0. The zero-order valence-corrected chi connectivity index (χ0v) is 8.87. The fourth-order valence-corrected chi connectivity index (χ4v) is 0.773. The minimum Gasteiger partial charge on any atom is -0.330 e. The Morgan fingerprint density at radius 2 is 1.46 bits per heavy atom. The van der Waals surface area contributed by atoms with Gasteiger partial charge in [-0.1, -0.05) is 0 Å². The van der Waals surface area contributed by atoms with Gasteiger partial charge in [0.2, 0.25) is 0 Å². The highest BCUT2D eigenvalue weighted by Crippen LogP contribution is 1.96. The number of rotatable bonds is 1. The monoisotopic (exact) mass is 187 g/mol. The molecule has 0 aromatic heterocycles. The summed E-state index contributed by atoms with van der Waals surface area (Å²) in [6.07, 6.45) is 0. The summed E-state index contributed by atoms with van der Waals surface area (Å²) in [4.78, 5) is 26.7. The highest BCUT2D eigenvalue weighted by molar-refractivity contribution is 5.92. The molecule has 0 rings (SSSR count). The first-order valence-corrected chi connectivity index (χ1v) is 4.11. The number of amides is 4. The largest absolute Gasteiger partial charge is 0.330 e. The molecule has 13 heavy (non-hydrogen) atoms. The molecule has 76 valence electrons. The van der Waals surface area contributed by atoms with Crippen molar-refractivity contribution < 1.29 is 9.59 Å². The van der Waals surface area contributed by atoms with Crippen molar-refractivity contribution in [1.29, 1.82) is 0 Å². The molecule has 0 unspecified atom stereocenters. The third-order valence-electron chi connectivity index (χ3n) is 1.76. The lowest BCUT2D eigenvalue weighted by Crippen LogP contribution is -2.46. The van der Waals surface area contributed by atoms with Crippen molar-refractivity contribution in [2.24, 2.45) is 0 Å². The molecule has 0 radical (unpaired) electrons. The second-order valence-electron chi connectivity index (χ2n) is 3.03. The van der Waals surface area contributed by atoms with Gasteiger partial charge in [-0.05, 0) is 6.92 Å². The van der Waals surface area contributed by atoms with E-state index in [9.17, 15) is 9.59 Å². The summed E-state index contributed by atoms with van der Waals surface area (Å²) in [7, 11) is 6.34. The molecule has 0 atom stereocenters. The van der Waals surface area contributed by atoms with E-state index in [0.29, 0.717) is 6.54 Å². The predicted octanol–water partition coefficient (Wildman–Crippen LogP) is 0.671. The summed E-state index contributed by atoms with van der Waals surface area (Å²) in [5, 5.41) is 0. The molecule has 0 aromatic carbocycles. The van der Waals surface area contributed by atoms with Gasteiger partial charge in [0, 0.05) is 34.7 Å². The Labute approximate surface area is 78.9 Å². The third-order valence-corrected chi connectivity index (χ3v) is 1.76. The predicted molar refractivity (Wildman–Crippen MR) is 50.5 cm³/mol. The van der Waals surface area contributed by atoms with Crippen LogP contribution in [0.15, 0.2) is 0 Å². The Balaban J connectivity index is 4.34. The van der Waals surface area contributed by atoms with E-state index in [1.807, 2.05) is 6.92 Å². The number of urea groups is 2. The molecule has 0 aliphatic carbocycles. The van der Waals surface area contributed by atoms with E-state index in [1.165, 1.54) is 16.8 Å². The van der Waals surface area contributed by atoms with E-state index in [0.717, 1.165) is 4.90 Å². The minimum atomic E-state index is -0.315. The van der Waals surface area contributed by atoms with Gasteiger partial charge in [-0.25, -0.2) is 14.5 Å². The van der Waals surface area contributed by atoms with Gasteiger partial charge in [0.1, 0.15) is 0 Å². The zero-order valence-electron chi connectivity index (χ0n) is 8.87. The van der Waals surface area contributed by atoms with Crippen LogP contribution in [0.2, 0.25) is 0 Å². The topological polar surface area (TPSA) is 43.9 Å². The molecule has 0 spiro atoms. The van der Waals surface area contributed by atoms with E-state index in [4.69, 9.17) is 0 Å². The second kappa shape index (κ2) is 4.69. The lowest BCUT2D eigenvalue weighted by atomic mass is 10.6. The maximum absolute atomic E-state index is 11.4. The average Bonchev–Trinajstić information content (AvgIpc) is 2.12. The Bertz CT molecular complexity index is 204. The van der Waals surface area contributed by atoms with Gasteiger partial charge in [-0.3, -0.25) is 0 Å². The van der Waals surface area contributed by atoms with Crippen molar-refractivity contribution in [3.8, 4) is 0 Å². The van der Waals surface area contributed by atoms with Crippen molar-refractivity contribution in [2.75, 3.05) is 34.7 Å². The van der Waals surface area contributed by atoms with Crippen molar-refractivity contribution in [1.82, 2.24) is 14.7 Å². The van der Waals surface area contributed by atoms with Crippen LogP contribution in [0.1, 0.15) is 6.92 Å². The maximum atomic E-state index is 11.4. The molecule has 0 saturated heterocycles.